The summed E-state index contributed by atoms with van der Waals surface area (Å²) in [6, 6.07) is 9.23. The van der Waals surface area contributed by atoms with Crippen molar-refractivity contribution in [3.05, 3.63) is 42.2 Å². The molecule has 5 rings (SSSR count). The summed E-state index contributed by atoms with van der Waals surface area (Å²) >= 11 is 0. The van der Waals surface area contributed by atoms with Gasteiger partial charge in [0.25, 0.3) is 0 Å². The van der Waals surface area contributed by atoms with Gasteiger partial charge in [0.05, 0.1) is 38.7 Å². The monoisotopic (exact) mass is 415 g/mol. The van der Waals surface area contributed by atoms with Gasteiger partial charge in [-0.3, -0.25) is 0 Å². The van der Waals surface area contributed by atoms with E-state index in [0.29, 0.717) is 46.1 Å². The van der Waals surface area contributed by atoms with Crippen molar-refractivity contribution >= 4 is 6.03 Å². The fraction of sp³-hybridized carbons (Fsp3) is 0.550. The third-order valence-corrected chi connectivity index (χ3v) is 5.66. The van der Waals surface area contributed by atoms with Gasteiger partial charge in [0.15, 0.2) is 0 Å². The van der Waals surface area contributed by atoms with Gasteiger partial charge in [0.1, 0.15) is 36.3 Å². The van der Waals surface area contributed by atoms with Crippen LogP contribution in [-0.4, -0.2) is 83.7 Å². The average Bonchev–Trinajstić information content (AvgIpc) is 3.51. The van der Waals surface area contributed by atoms with E-state index < -0.39 is 0 Å². The zero-order chi connectivity index (χ0) is 20.3. The quantitative estimate of drug-likeness (QED) is 0.764. The Morgan fingerprint density at radius 3 is 2.77 bits per heavy atom. The van der Waals surface area contributed by atoms with E-state index in [1.165, 1.54) is 0 Å². The summed E-state index contributed by atoms with van der Waals surface area (Å²) in [4.78, 5) is 14.3. The predicted octanol–water partition coefficient (Wildman–Crippen LogP) is 0.606. The van der Waals surface area contributed by atoms with Crippen molar-refractivity contribution in [3.63, 3.8) is 0 Å². The summed E-state index contributed by atoms with van der Waals surface area (Å²) in [5.74, 6) is 0.786. The van der Waals surface area contributed by atoms with Crippen molar-refractivity contribution in [2.45, 2.75) is 30.9 Å². The lowest BCUT2D eigenvalue weighted by Gasteiger charge is -2.29. The Hall–Kier alpha value is -2.69. The van der Waals surface area contributed by atoms with Gasteiger partial charge in [-0.05, 0) is 12.1 Å². The zero-order valence-electron chi connectivity index (χ0n) is 16.6. The van der Waals surface area contributed by atoms with Crippen LogP contribution in [0.25, 0.3) is 0 Å². The molecule has 4 atom stereocenters. The highest BCUT2D eigenvalue weighted by atomic mass is 16.6. The molecule has 160 valence electrons. The van der Waals surface area contributed by atoms with Gasteiger partial charge in [-0.2, -0.15) is 0 Å². The molecule has 1 aromatic heterocycles. The summed E-state index contributed by atoms with van der Waals surface area (Å²) in [6.07, 6.45) is 1.49. The molecule has 3 fully saturated rings. The zero-order valence-corrected chi connectivity index (χ0v) is 16.6. The van der Waals surface area contributed by atoms with Crippen LogP contribution in [-0.2, 0) is 20.8 Å². The molecule has 3 aliphatic rings. The number of carbonyl (C=O) groups is 1. The number of benzene rings is 1. The second-order valence-corrected chi connectivity index (χ2v) is 7.61. The van der Waals surface area contributed by atoms with Crippen molar-refractivity contribution in [1.29, 1.82) is 0 Å². The van der Waals surface area contributed by atoms with Crippen molar-refractivity contribution in [2.75, 3.05) is 39.5 Å². The number of para-hydroxylation sites is 1. The molecule has 2 amide bonds. The molecular formula is C20H25N5O5. The van der Waals surface area contributed by atoms with E-state index in [0.717, 1.165) is 11.4 Å². The first kappa shape index (κ1) is 19.3. The Morgan fingerprint density at radius 1 is 1.13 bits per heavy atom. The summed E-state index contributed by atoms with van der Waals surface area (Å²) in [5, 5.41) is 11.5. The van der Waals surface area contributed by atoms with Gasteiger partial charge >= 0.3 is 6.03 Å². The maximum Gasteiger partial charge on any atom is 0.317 e. The Kier molecular flexibility index (Phi) is 5.52. The molecule has 3 aliphatic heterocycles. The topological polar surface area (TPSA) is 100.0 Å². The normalized spacial score (nSPS) is 28.3. The number of hydrogen-bond donors (Lipinski definition) is 1. The summed E-state index contributed by atoms with van der Waals surface area (Å²) in [5.41, 5.74) is 0.734. The van der Waals surface area contributed by atoms with E-state index in [-0.39, 0.29) is 30.3 Å². The van der Waals surface area contributed by atoms with E-state index in [2.05, 4.69) is 15.6 Å². The highest BCUT2D eigenvalue weighted by Crippen LogP contribution is 2.34. The van der Waals surface area contributed by atoms with Gasteiger partial charge < -0.3 is 29.2 Å². The van der Waals surface area contributed by atoms with Crippen molar-refractivity contribution in [3.8, 4) is 5.75 Å². The Bertz CT molecular complexity index is 856. The molecule has 0 radical (unpaired) electrons. The minimum atomic E-state index is -0.201. The summed E-state index contributed by atoms with van der Waals surface area (Å²) in [7, 11) is 0. The minimum Gasteiger partial charge on any atom is -0.487 e. The lowest BCUT2D eigenvalue weighted by Crippen LogP contribution is -2.52. The van der Waals surface area contributed by atoms with Gasteiger partial charge in [0.2, 0.25) is 0 Å². The minimum absolute atomic E-state index is 0.0849. The molecule has 0 aliphatic carbocycles. The molecule has 0 saturated carbocycles. The number of fused-ring (bicyclic) bond motifs is 1. The molecule has 0 bridgehead atoms. The third-order valence-electron chi connectivity index (χ3n) is 5.66. The molecule has 30 heavy (non-hydrogen) atoms. The van der Waals surface area contributed by atoms with Crippen LogP contribution < -0.4 is 10.1 Å². The standard InChI is InChI=1S/C20H25N5O5/c26-20(24-6-8-27-9-7-24)21-16-12-29-19-17(13-30-18(16)19)25-10-14(22-23-25)11-28-15-4-2-1-3-5-15/h1-5,10,16-19H,6-9,11-13H2,(H,21,26). The van der Waals surface area contributed by atoms with Crippen molar-refractivity contribution in [1.82, 2.24) is 25.2 Å². The fourth-order valence-corrected chi connectivity index (χ4v) is 4.06. The van der Waals surface area contributed by atoms with Crippen LogP contribution in [0.4, 0.5) is 4.79 Å². The second-order valence-electron chi connectivity index (χ2n) is 7.61. The van der Waals surface area contributed by atoms with Crippen molar-refractivity contribution in [2.24, 2.45) is 0 Å². The summed E-state index contributed by atoms with van der Waals surface area (Å²) < 4.78 is 24.8. The molecular weight excluding hydrogens is 390 g/mol. The van der Waals surface area contributed by atoms with Crippen LogP contribution in [0.2, 0.25) is 0 Å². The third kappa shape index (κ3) is 3.98. The maximum atomic E-state index is 12.5. The molecule has 0 spiro atoms. The predicted molar refractivity (Wildman–Crippen MR) is 104 cm³/mol. The van der Waals surface area contributed by atoms with E-state index >= 15 is 0 Å². The number of urea groups is 1. The second kappa shape index (κ2) is 8.58. The van der Waals surface area contributed by atoms with Crippen LogP contribution in [0.1, 0.15) is 11.7 Å². The van der Waals surface area contributed by atoms with Gasteiger partial charge in [-0.1, -0.05) is 23.4 Å². The van der Waals surface area contributed by atoms with E-state index in [9.17, 15) is 4.79 Å². The molecule has 2 aromatic rings. The number of nitrogens with one attached hydrogen (secondary N) is 1. The first-order valence-electron chi connectivity index (χ1n) is 10.2. The Balaban J connectivity index is 1.17. The average molecular weight is 415 g/mol. The SMILES string of the molecule is O=C(NC1COC2C1OCC2n1cc(COc2ccccc2)nn1)N1CCOCC1. The molecule has 4 heterocycles. The fourth-order valence-electron chi connectivity index (χ4n) is 4.06. The van der Waals surface area contributed by atoms with Crippen LogP contribution in [0.5, 0.6) is 5.75 Å². The molecule has 1 aromatic carbocycles. The van der Waals surface area contributed by atoms with Crippen LogP contribution >= 0.6 is 0 Å². The first-order chi connectivity index (χ1) is 14.8. The summed E-state index contributed by atoms with van der Waals surface area (Å²) in [6.45, 7) is 3.56. The number of nitrogens with zero attached hydrogens (tertiary/aromatic N) is 4. The number of hydrogen-bond acceptors (Lipinski definition) is 7. The largest absolute Gasteiger partial charge is 0.487 e. The van der Waals surface area contributed by atoms with Gasteiger partial charge in [-0.15, -0.1) is 5.10 Å². The smallest absolute Gasteiger partial charge is 0.317 e. The Labute approximate surface area is 174 Å². The van der Waals surface area contributed by atoms with E-state index in [4.69, 9.17) is 18.9 Å². The van der Waals surface area contributed by atoms with Crippen molar-refractivity contribution < 1.29 is 23.7 Å². The first-order valence-corrected chi connectivity index (χ1v) is 10.2. The van der Waals surface area contributed by atoms with E-state index in [1.807, 2.05) is 36.5 Å². The van der Waals surface area contributed by atoms with Crippen LogP contribution in [0.3, 0.4) is 0 Å². The van der Waals surface area contributed by atoms with Crippen LogP contribution in [0.15, 0.2) is 36.5 Å². The number of morpholine rings is 1. The number of ether oxygens (including phenoxy) is 4. The van der Waals surface area contributed by atoms with Gasteiger partial charge in [-0.25, -0.2) is 9.48 Å². The van der Waals surface area contributed by atoms with Gasteiger partial charge in [0, 0.05) is 13.1 Å². The lowest BCUT2D eigenvalue weighted by atomic mass is 10.1. The lowest BCUT2D eigenvalue weighted by molar-refractivity contribution is 0.0485. The maximum absolute atomic E-state index is 12.5. The molecule has 4 unspecified atom stereocenters. The highest BCUT2D eigenvalue weighted by molar-refractivity contribution is 5.74. The number of amides is 2. The highest BCUT2D eigenvalue weighted by Gasteiger charge is 2.49. The van der Waals surface area contributed by atoms with E-state index in [1.54, 1.807) is 9.58 Å². The molecule has 1 N–H and O–H groups in total. The van der Waals surface area contributed by atoms with Crippen LogP contribution in [0, 0.1) is 0 Å². The molecule has 10 nitrogen and oxygen atoms in total. The molecule has 10 heteroatoms. The number of rotatable bonds is 5. The Morgan fingerprint density at radius 2 is 1.93 bits per heavy atom. The number of aromatic nitrogens is 3. The molecule has 3 saturated heterocycles. The number of carbonyl (C=O) groups excluding carboxylic acids is 1.